The number of amides is 1. The van der Waals surface area contributed by atoms with Crippen LogP contribution in [0.3, 0.4) is 0 Å². The van der Waals surface area contributed by atoms with E-state index >= 15 is 0 Å². The van der Waals surface area contributed by atoms with Crippen molar-refractivity contribution < 1.29 is 4.79 Å². The molecule has 5 heteroatoms. The van der Waals surface area contributed by atoms with Crippen LogP contribution in [0.5, 0.6) is 0 Å². The maximum absolute atomic E-state index is 11.6. The quantitative estimate of drug-likeness (QED) is 0.846. The molecule has 2 N–H and O–H groups in total. The Morgan fingerprint density at radius 3 is 2.69 bits per heavy atom. The predicted octanol–water partition coefficient (Wildman–Crippen LogP) is 0.746. The molecule has 0 bridgehead atoms. The number of nitrogens with zero attached hydrogens (tertiary/aromatic N) is 2. The van der Waals surface area contributed by atoms with Gasteiger partial charge in [-0.25, -0.2) is 0 Å². The molecule has 4 nitrogen and oxygen atoms in total. The van der Waals surface area contributed by atoms with E-state index in [1.54, 1.807) is 11.3 Å². The van der Waals surface area contributed by atoms with Crippen molar-refractivity contribution >= 4 is 22.2 Å². The summed E-state index contributed by atoms with van der Waals surface area (Å²) in [4.78, 5) is 15.9. The summed E-state index contributed by atoms with van der Waals surface area (Å²) in [5, 5.41) is 3.38. The minimum Gasteiger partial charge on any atom is -0.360 e. The van der Waals surface area contributed by atoms with Crippen LogP contribution >= 0.6 is 11.3 Å². The Morgan fingerprint density at radius 2 is 2.12 bits per heavy atom. The normalized spacial score (nSPS) is 16.6. The van der Waals surface area contributed by atoms with Crippen molar-refractivity contribution in [1.82, 2.24) is 4.90 Å². The van der Waals surface area contributed by atoms with Crippen molar-refractivity contribution in [1.29, 1.82) is 0 Å². The highest BCUT2D eigenvalue weighted by Crippen LogP contribution is 2.22. The van der Waals surface area contributed by atoms with Gasteiger partial charge in [0.15, 0.2) is 0 Å². The first-order valence-electron chi connectivity index (χ1n) is 5.57. The summed E-state index contributed by atoms with van der Waals surface area (Å²) >= 11 is 1.75. The zero-order valence-electron chi connectivity index (χ0n) is 9.26. The Bertz CT molecular complexity index is 331. The second-order valence-electron chi connectivity index (χ2n) is 3.86. The molecule has 0 aromatic carbocycles. The lowest BCUT2D eigenvalue weighted by atomic mass is 10.3. The second-order valence-corrected chi connectivity index (χ2v) is 4.78. The van der Waals surface area contributed by atoms with Gasteiger partial charge in [-0.15, -0.1) is 11.3 Å². The minimum atomic E-state index is 0.188. The first kappa shape index (κ1) is 11.4. The lowest BCUT2D eigenvalue weighted by Crippen LogP contribution is -2.48. The minimum absolute atomic E-state index is 0.188. The molecule has 1 aliphatic heterocycles. The smallest absolute Gasteiger partial charge is 0.223 e. The Balaban J connectivity index is 1.85. The molecule has 88 valence electrons. The third kappa shape index (κ3) is 2.54. The zero-order chi connectivity index (χ0) is 11.4. The van der Waals surface area contributed by atoms with Crippen LogP contribution in [0.4, 0.5) is 5.00 Å². The fourth-order valence-electron chi connectivity index (χ4n) is 1.91. The van der Waals surface area contributed by atoms with E-state index in [9.17, 15) is 4.79 Å². The van der Waals surface area contributed by atoms with E-state index in [4.69, 9.17) is 5.73 Å². The number of hydrogen-bond acceptors (Lipinski definition) is 4. The first-order chi connectivity index (χ1) is 7.81. The van der Waals surface area contributed by atoms with Crippen LogP contribution in [-0.4, -0.2) is 43.5 Å². The predicted molar refractivity (Wildman–Crippen MR) is 66.8 cm³/mol. The first-order valence-corrected chi connectivity index (χ1v) is 6.45. The summed E-state index contributed by atoms with van der Waals surface area (Å²) in [6, 6.07) is 4.19. The van der Waals surface area contributed by atoms with Crippen molar-refractivity contribution in [2.75, 3.05) is 37.6 Å². The van der Waals surface area contributed by atoms with Crippen LogP contribution < -0.4 is 10.6 Å². The number of thiophene rings is 1. The van der Waals surface area contributed by atoms with Gasteiger partial charge in [0.1, 0.15) is 0 Å². The number of piperazine rings is 1. The summed E-state index contributed by atoms with van der Waals surface area (Å²) in [7, 11) is 0. The molecule has 0 spiro atoms. The van der Waals surface area contributed by atoms with E-state index < -0.39 is 0 Å². The SMILES string of the molecule is NCCC(=O)N1CCN(c2cccs2)CC1. The summed E-state index contributed by atoms with van der Waals surface area (Å²) in [6.45, 7) is 3.94. The summed E-state index contributed by atoms with van der Waals surface area (Å²) < 4.78 is 0. The molecule has 1 aromatic heterocycles. The molecular formula is C11H17N3OS. The van der Waals surface area contributed by atoms with Gasteiger partial charge in [0.25, 0.3) is 0 Å². The molecular weight excluding hydrogens is 222 g/mol. The van der Waals surface area contributed by atoms with Crippen LogP contribution in [0.25, 0.3) is 0 Å². The molecule has 0 atom stereocenters. The topological polar surface area (TPSA) is 49.6 Å². The van der Waals surface area contributed by atoms with Gasteiger partial charge in [0.05, 0.1) is 5.00 Å². The molecule has 0 aliphatic carbocycles. The van der Waals surface area contributed by atoms with E-state index in [-0.39, 0.29) is 5.91 Å². The second kappa shape index (κ2) is 5.32. The van der Waals surface area contributed by atoms with E-state index in [2.05, 4.69) is 22.4 Å². The van der Waals surface area contributed by atoms with Crippen LogP contribution in [0.2, 0.25) is 0 Å². The molecule has 2 heterocycles. The van der Waals surface area contributed by atoms with Crippen LogP contribution in [-0.2, 0) is 4.79 Å². The third-order valence-corrected chi connectivity index (χ3v) is 3.74. The average Bonchev–Trinajstić information content (AvgIpc) is 2.83. The molecule has 1 amide bonds. The lowest BCUT2D eigenvalue weighted by Gasteiger charge is -2.35. The maximum Gasteiger partial charge on any atom is 0.223 e. The monoisotopic (exact) mass is 239 g/mol. The molecule has 16 heavy (non-hydrogen) atoms. The Morgan fingerprint density at radius 1 is 1.38 bits per heavy atom. The third-order valence-electron chi connectivity index (χ3n) is 2.81. The number of nitrogens with two attached hydrogens (primary N) is 1. The molecule has 1 saturated heterocycles. The summed E-state index contributed by atoms with van der Waals surface area (Å²) in [5.74, 6) is 0.188. The van der Waals surface area contributed by atoms with Crippen LogP contribution in [0, 0.1) is 0 Å². The van der Waals surface area contributed by atoms with Crippen molar-refractivity contribution in [3.8, 4) is 0 Å². The van der Waals surface area contributed by atoms with Crippen LogP contribution in [0.1, 0.15) is 6.42 Å². The van der Waals surface area contributed by atoms with Gasteiger partial charge < -0.3 is 15.5 Å². The Hall–Kier alpha value is -1.07. The summed E-state index contributed by atoms with van der Waals surface area (Å²) in [6.07, 6.45) is 0.471. The van der Waals surface area contributed by atoms with Gasteiger partial charge in [-0.3, -0.25) is 4.79 Å². The Kier molecular flexibility index (Phi) is 3.79. The zero-order valence-corrected chi connectivity index (χ0v) is 10.1. The fraction of sp³-hybridized carbons (Fsp3) is 0.545. The highest BCUT2D eigenvalue weighted by molar-refractivity contribution is 7.14. The number of hydrogen-bond donors (Lipinski definition) is 1. The van der Waals surface area contributed by atoms with Gasteiger partial charge in [-0.1, -0.05) is 0 Å². The lowest BCUT2D eigenvalue weighted by molar-refractivity contribution is -0.131. The summed E-state index contributed by atoms with van der Waals surface area (Å²) in [5.41, 5.74) is 5.38. The van der Waals surface area contributed by atoms with Crippen molar-refractivity contribution in [3.05, 3.63) is 17.5 Å². The van der Waals surface area contributed by atoms with Gasteiger partial charge in [0, 0.05) is 39.1 Å². The Labute approximate surface area is 99.6 Å². The molecule has 1 fully saturated rings. The van der Waals surface area contributed by atoms with Crippen molar-refractivity contribution in [2.24, 2.45) is 5.73 Å². The van der Waals surface area contributed by atoms with E-state index in [0.29, 0.717) is 13.0 Å². The standard InChI is InChI=1S/C11H17N3OS/c12-4-3-10(15)13-5-7-14(8-6-13)11-2-1-9-16-11/h1-2,9H,3-8,12H2. The number of rotatable bonds is 3. The van der Waals surface area contributed by atoms with Crippen molar-refractivity contribution in [2.45, 2.75) is 6.42 Å². The molecule has 0 radical (unpaired) electrons. The van der Waals surface area contributed by atoms with Crippen LogP contribution in [0.15, 0.2) is 17.5 Å². The van der Waals surface area contributed by atoms with Gasteiger partial charge in [-0.05, 0) is 17.5 Å². The maximum atomic E-state index is 11.6. The molecule has 0 saturated carbocycles. The largest absolute Gasteiger partial charge is 0.360 e. The van der Waals surface area contributed by atoms with Gasteiger partial charge in [0.2, 0.25) is 5.91 Å². The number of carbonyl (C=O) groups is 1. The highest BCUT2D eigenvalue weighted by Gasteiger charge is 2.20. The number of carbonyl (C=O) groups excluding carboxylic acids is 1. The van der Waals surface area contributed by atoms with Gasteiger partial charge >= 0.3 is 0 Å². The van der Waals surface area contributed by atoms with E-state index in [1.807, 2.05) is 4.90 Å². The average molecular weight is 239 g/mol. The van der Waals surface area contributed by atoms with E-state index in [0.717, 1.165) is 26.2 Å². The molecule has 1 aliphatic rings. The molecule has 2 rings (SSSR count). The fourth-order valence-corrected chi connectivity index (χ4v) is 2.69. The van der Waals surface area contributed by atoms with Crippen molar-refractivity contribution in [3.63, 3.8) is 0 Å². The highest BCUT2D eigenvalue weighted by atomic mass is 32.1. The van der Waals surface area contributed by atoms with E-state index in [1.165, 1.54) is 5.00 Å². The molecule has 0 unspecified atom stereocenters. The van der Waals surface area contributed by atoms with Gasteiger partial charge in [-0.2, -0.15) is 0 Å². The number of anilines is 1. The molecule has 1 aromatic rings.